The summed E-state index contributed by atoms with van der Waals surface area (Å²) in [4.78, 5) is 0. The van der Waals surface area contributed by atoms with E-state index in [4.69, 9.17) is 0 Å². The van der Waals surface area contributed by atoms with E-state index in [1.165, 1.54) is 0 Å². The summed E-state index contributed by atoms with van der Waals surface area (Å²) in [6.07, 6.45) is 0. The second-order valence-electron chi connectivity index (χ2n) is 0.0816. The van der Waals surface area contributed by atoms with Crippen LogP contribution in [0.2, 0.25) is 0 Å². The van der Waals surface area contributed by atoms with Crippen molar-refractivity contribution >= 4 is 25.8 Å². The van der Waals surface area contributed by atoms with Crippen LogP contribution in [0.25, 0.3) is 0 Å². The Labute approximate surface area is 49.1 Å². The van der Waals surface area contributed by atoms with E-state index >= 15 is 0 Å². The minimum absolute atomic E-state index is 0. The van der Waals surface area contributed by atoms with Crippen molar-refractivity contribution in [3.8, 4) is 0 Å². The summed E-state index contributed by atoms with van der Waals surface area (Å²) in [7, 11) is 0. The number of hydrogen-bond acceptors (Lipinski definition) is 3. The molecule has 22 valence electrons. The van der Waals surface area contributed by atoms with E-state index < -0.39 is 0 Å². The van der Waals surface area contributed by atoms with Crippen molar-refractivity contribution in [3.05, 3.63) is 0 Å². The topological polar surface area (TPSA) is 9.23 Å². The minimum Gasteiger partial charge on any atom is -0.254 e. The largest absolute Gasteiger partial charge is 0.254 e. The van der Waals surface area contributed by atoms with Crippen molar-refractivity contribution in [2.24, 2.45) is 0 Å². The fourth-order valence-corrected chi connectivity index (χ4v) is 0. The van der Waals surface area contributed by atoms with Gasteiger partial charge in [0.25, 0.3) is 0 Å². The first-order chi connectivity index (χ1) is 1.41. The van der Waals surface area contributed by atoms with Crippen molar-refractivity contribution in [3.63, 3.8) is 0 Å². The monoisotopic (exact) mass is 146 g/mol. The number of thiol groups is 2. The SMILES string of the molecule is SOS.[Zn]. The summed E-state index contributed by atoms with van der Waals surface area (Å²) in [5, 5.41) is 0. The smallest absolute Gasteiger partial charge is 0 e. The normalized spacial score (nSPS) is 4.50. The zero-order valence-electron chi connectivity index (χ0n) is 2.01. The summed E-state index contributed by atoms with van der Waals surface area (Å²) in [5.41, 5.74) is 0. The van der Waals surface area contributed by atoms with E-state index in [0.717, 1.165) is 0 Å². The molecule has 0 amide bonds. The van der Waals surface area contributed by atoms with Crippen LogP contribution in [0.1, 0.15) is 0 Å². The average molecular weight is 148 g/mol. The van der Waals surface area contributed by atoms with Gasteiger partial charge in [-0.3, -0.25) is 3.63 Å². The van der Waals surface area contributed by atoms with Gasteiger partial charge >= 0.3 is 0 Å². The predicted molar refractivity (Wildman–Crippen MR) is 19.1 cm³/mol. The molecule has 0 bridgehead atoms. The zero-order valence-corrected chi connectivity index (χ0v) is 6.77. The van der Waals surface area contributed by atoms with Gasteiger partial charge < -0.3 is 0 Å². The van der Waals surface area contributed by atoms with Gasteiger partial charge in [0, 0.05) is 19.5 Å². The molecule has 0 unspecified atom stereocenters. The van der Waals surface area contributed by atoms with Crippen LogP contribution in [0.3, 0.4) is 0 Å². The second-order valence-corrected chi connectivity index (χ2v) is 0.735. The molecule has 0 radical (unpaired) electrons. The molecule has 0 atom stereocenters. The third-order valence-corrected chi connectivity index (χ3v) is 0. The molecule has 0 aliphatic rings. The van der Waals surface area contributed by atoms with Crippen LogP contribution in [0.15, 0.2) is 0 Å². The fourth-order valence-electron chi connectivity index (χ4n) is 0. The molecule has 0 aliphatic heterocycles. The van der Waals surface area contributed by atoms with Gasteiger partial charge in [0.05, 0.1) is 0 Å². The van der Waals surface area contributed by atoms with Crippen molar-refractivity contribution in [1.82, 2.24) is 0 Å². The Balaban J connectivity index is 0. The van der Waals surface area contributed by atoms with Crippen LogP contribution in [0.5, 0.6) is 0 Å². The van der Waals surface area contributed by atoms with Gasteiger partial charge in [0.15, 0.2) is 0 Å². The van der Waals surface area contributed by atoms with Crippen molar-refractivity contribution in [1.29, 1.82) is 0 Å². The number of hydrogen-bond donors (Lipinski definition) is 2. The van der Waals surface area contributed by atoms with E-state index in [2.05, 4.69) is 29.4 Å². The van der Waals surface area contributed by atoms with Crippen LogP contribution in [-0.4, -0.2) is 0 Å². The summed E-state index contributed by atoms with van der Waals surface area (Å²) < 4.78 is 3.64. The maximum atomic E-state index is 3.64. The quantitative estimate of drug-likeness (QED) is 0.291. The van der Waals surface area contributed by atoms with Crippen LogP contribution in [0, 0.1) is 0 Å². The third kappa shape index (κ3) is 10.4. The average Bonchev–Trinajstić information content (AvgIpc) is 0.918. The first-order valence-electron chi connectivity index (χ1n) is 0.365. The van der Waals surface area contributed by atoms with E-state index in [1.807, 2.05) is 0 Å². The van der Waals surface area contributed by atoms with Gasteiger partial charge in [-0.2, -0.15) is 0 Å². The molecule has 0 aromatic carbocycles. The van der Waals surface area contributed by atoms with Gasteiger partial charge in [-0.25, -0.2) is 0 Å². The van der Waals surface area contributed by atoms with Gasteiger partial charge in [-0.15, -0.1) is 0 Å². The Morgan fingerprint density at radius 2 is 1.25 bits per heavy atom. The van der Waals surface area contributed by atoms with E-state index in [-0.39, 0.29) is 19.5 Å². The molecule has 0 heterocycles. The van der Waals surface area contributed by atoms with Crippen molar-refractivity contribution in [2.75, 3.05) is 0 Å². The van der Waals surface area contributed by atoms with E-state index in [9.17, 15) is 0 Å². The minimum atomic E-state index is 0. The Hall–Kier alpha value is 1.28. The van der Waals surface area contributed by atoms with Gasteiger partial charge in [-0.1, -0.05) is 0 Å². The van der Waals surface area contributed by atoms with E-state index in [0.29, 0.717) is 0 Å². The molecule has 0 saturated carbocycles. The predicted octanol–water partition coefficient (Wildman–Crippen LogP) is 0.690. The van der Waals surface area contributed by atoms with Crippen LogP contribution < -0.4 is 0 Å². The molecule has 0 aliphatic carbocycles. The molecule has 4 heteroatoms. The number of rotatable bonds is 0. The van der Waals surface area contributed by atoms with Gasteiger partial charge in [0.2, 0.25) is 0 Å². The Kier molecular flexibility index (Phi) is 19.9. The maximum absolute atomic E-state index is 3.64. The van der Waals surface area contributed by atoms with Crippen LogP contribution in [0.4, 0.5) is 0 Å². The molecular weight excluding hydrogens is 146 g/mol. The van der Waals surface area contributed by atoms with Gasteiger partial charge in [-0.05, 0) is 25.8 Å². The molecule has 0 aromatic heterocycles. The maximum Gasteiger partial charge on any atom is 0 e. The molecule has 0 fully saturated rings. The molecule has 0 rings (SSSR count). The Morgan fingerprint density at radius 1 is 1.25 bits per heavy atom. The first-order valence-corrected chi connectivity index (χ1v) is 1.10. The Morgan fingerprint density at radius 3 is 1.25 bits per heavy atom. The molecular formula is H2OS2Zn. The molecule has 4 heavy (non-hydrogen) atoms. The van der Waals surface area contributed by atoms with Crippen molar-refractivity contribution in [2.45, 2.75) is 0 Å². The molecule has 1 nitrogen and oxygen atoms in total. The van der Waals surface area contributed by atoms with Crippen LogP contribution in [-0.2, 0) is 23.1 Å². The summed E-state index contributed by atoms with van der Waals surface area (Å²) in [6, 6.07) is 0. The summed E-state index contributed by atoms with van der Waals surface area (Å²) >= 11 is 6.31. The molecule has 0 aromatic rings. The van der Waals surface area contributed by atoms with Gasteiger partial charge in [0.1, 0.15) is 0 Å². The molecule has 0 N–H and O–H groups in total. The third-order valence-electron chi connectivity index (χ3n) is 0. The second kappa shape index (κ2) is 8.86. The summed E-state index contributed by atoms with van der Waals surface area (Å²) in [5.74, 6) is 0. The van der Waals surface area contributed by atoms with E-state index in [1.54, 1.807) is 0 Å². The standard InChI is InChI=1S/H2OS2.Zn/c2-1-3;/h2-3H;. The molecule has 0 spiro atoms. The molecule has 0 saturated heterocycles. The van der Waals surface area contributed by atoms with Crippen LogP contribution >= 0.6 is 25.8 Å². The summed E-state index contributed by atoms with van der Waals surface area (Å²) in [6.45, 7) is 0. The first kappa shape index (κ1) is 8.99. The van der Waals surface area contributed by atoms with Crippen molar-refractivity contribution < 1.29 is 23.1 Å². The zero-order chi connectivity index (χ0) is 2.71. The fraction of sp³-hybridized carbons (Fsp3) is 0. The Bertz CT molecular complexity index is 6.00.